The summed E-state index contributed by atoms with van der Waals surface area (Å²) in [5.41, 5.74) is 0.718. The number of hydrogen-bond acceptors (Lipinski definition) is 2. The van der Waals surface area contributed by atoms with E-state index in [4.69, 9.17) is 4.74 Å². The summed E-state index contributed by atoms with van der Waals surface area (Å²) >= 11 is 3.28. The third-order valence-electron chi connectivity index (χ3n) is 3.86. The number of rotatable bonds is 5. The Kier molecular flexibility index (Phi) is 5.37. The second kappa shape index (κ2) is 6.82. The minimum atomic E-state index is -0.163. The van der Waals surface area contributed by atoms with Crippen molar-refractivity contribution >= 4 is 15.9 Å². The summed E-state index contributed by atoms with van der Waals surface area (Å²) in [4.78, 5) is 0. The highest BCUT2D eigenvalue weighted by atomic mass is 79.9. The van der Waals surface area contributed by atoms with Crippen LogP contribution < -0.4 is 5.32 Å². The van der Waals surface area contributed by atoms with Crippen molar-refractivity contribution in [3.8, 4) is 0 Å². The summed E-state index contributed by atoms with van der Waals surface area (Å²) in [5, 5.41) is 3.43. The highest BCUT2D eigenvalue weighted by molar-refractivity contribution is 9.10. The lowest BCUT2D eigenvalue weighted by atomic mass is 9.98. The van der Waals surface area contributed by atoms with Crippen LogP contribution in [0.4, 0.5) is 4.39 Å². The van der Waals surface area contributed by atoms with Crippen molar-refractivity contribution in [3.63, 3.8) is 0 Å². The molecule has 0 spiro atoms. The molecule has 2 rings (SSSR count). The van der Waals surface area contributed by atoms with Gasteiger partial charge in [-0.25, -0.2) is 4.39 Å². The Morgan fingerprint density at radius 2 is 2.32 bits per heavy atom. The molecule has 0 aromatic heterocycles. The average Bonchev–Trinajstić information content (AvgIpc) is 2.83. The predicted octanol–water partition coefficient (Wildman–Crippen LogP) is 4.05. The van der Waals surface area contributed by atoms with Gasteiger partial charge in [0.2, 0.25) is 0 Å². The molecule has 1 aliphatic heterocycles. The molecule has 1 N–H and O–H groups in total. The molecule has 3 atom stereocenters. The van der Waals surface area contributed by atoms with Gasteiger partial charge in [0.15, 0.2) is 0 Å². The predicted molar refractivity (Wildman–Crippen MR) is 78.7 cm³/mol. The average molecular weight is 330 g/mol. The van der Waals surface area contributed by atoms with E-state index in [1.165, 1.54) is 6.07 Å². The van der Waals surface area contributed by atoms with Gasteiger partial charge < -0.3 is 10.1 Å². The maximum Gasteiger partial charge on any atom is 0.129 e. The molecule has 1 aromatic rings. The number of ether oxygens (including phenoxy) is 1. The van der Waals surface area contributed by atoms with Crippen LogP contribution in [0.3, 0.4) is 0 Å². The van der Waals surface area contributed by atoms with Gasteiger partial charge in [-0.2, -0.15) is 0 Å². The van der Waals surface area contributed by atoms with Crippen molar-refractivity contribution in [2.24, 2.45) is 5.92 Å². The van der Waals surface area contributed by atoms with E-state index < -0.39 is 0 Å². The SMILES string of the molecule is CCC1OCCC1CNC(C)c1ccc(Br)cc1F. The lowest BCUT2D eigenvalue weighted by Gasteiger charge is -2.21. The minimum absolute atomic E-state index is 0.0196. The Morgan fingerprint density at radius 3 is 3.00 bits per heavy atom. The van der Waals surface area contributed by atoms with E-state index in [1.54, 1.807) is 0 Å². The first-order chi connectivity index (χ1) is 9.11. The Labute approximate surface area is 122 Å². The van der Waals surface area contributed by atoms with Crippen molar-refractivity contribution < 1.29 is 9.13 Å². The summed E-state index contributed by atoms with van der Waals surface area (Å²) in [7, 11) is 0. The van der Waals surface area contributed by atoms with Gasteiger partial charge in [0, 0.05) is 29.2 Å². The third kappa shape index (κ3) is 3.77. The minimum Gasteiger partial charge on any atom is -0.378 e. The van der Waals surface area contributed by atoms with E-state index in [0.29, 0.717) is 12.0 Å². The fraction of sp³-hybridized carbons (Fsp3) is 0.600. The van der Waals surface area contributed by atoms with E-state index in [-0.39, 0.29) is 11.9 Å². The van der Waals surface area contributed by atoms with Crippen LogP contribution >= 0.6 is 15.9 Å². The smallest absolute Gasteiger partial charge is 0.129 e. The molecule has 19 heavy (non-hydrogen) atoms. The second-order valence-electron chi connectivity index (χ2n) is 5.16. The first-order valence-corrected chi connectivity index (χ1v) is 7.71. The first-order valence-electron chi connectivity index (χ1n) is 6.91. The van der Waals surface area contributed by atoms with E-state index in [9.17, 15) is 4.39 Å². The topological polar surface area (TPSA) is 21.3 Å². The van der Waals surface area contributed by atoms with Gasteiger partial charge in [0.1, 0.15) is 5.82 Å². The highest BCUT2D eigenvalue weighted by Crippen LogP contribution is 2.25. The normalized spacial score (nSPS) is 24.6. The molecule has 0 radical (unpaired) electrons. The zero-order chi connectivity index (χ0) is 13.8. The molecule has 106 valence electrons. The molecule has 3 unspecified atom stereocenters. The van der Waals surface area contributed by atoms with Gasteiger partial charge in [0.25, 0.3) is 0 Å². The molecular formula is C15H21BrFNO. The van der Waals surface area contributed by atoms with Gasteiger partial charge in [-0.15, -0.1) is 0 Å². The van der Waals surface area contributed by atoms with E-state index in [0.717, 1.165) is 36.0 Å². The van der Waals surface area contributed by atoms with Crippen molar-refractivity contribution in [1.82, 2.24) is 5.32 Å². The van der Waals surface area contributed by atoms with Crippen LogP contribution in [0.1, 0.15) is 38.3 Å². The Morgan fingerprint density at radius 1 is 1.53 bits per heavy atom. The van der Waals surface area contributed by atoms with Crippen LogP contribution in [0, 0.1) is 11.7 Å². The quantitative estimate of drug-likeness (QED) is 0.879. The summed E-state index contributed by atoms with van der Waals surface area (Å²) < 4.78 is 20.3. The molecule has 0 amide bonds. The summed E-state index contributed by atoms with van der Waals surface area (Å²) in [6.45, 7) is 5.89. The molecule has 0 aliphatic carbocycles. The van der Waals surface area contributed by atoms with Gasteiger partial charge in [0.05, 0.1) is 6.10 Å². The van der Waals surface area contributed by atoms with E-state index in [2.05, 4.69) is 28.2 Å². The third-order valence-corrected chi connectivity index (χ3v) is 4.36. The zero-order valence-electron chi connectivity index (χ0n) is 11.5. The fourth-order valence-corrected chi connectivity index (χ4v) is 3.00. The molecule has 2 nitrogen and oxygen atoms in total. The molecule has 1 aliphatic rings. The lowest BCUT2D eigenvalue weighted by molar-refractivity contribution is 0.0867. The summed E-state index contributed by atoms with van der Waals surface area (Å²) in [6.07, 6.45) is 2.50. The molecule has 0 bridgehead atoms. The largest absolute Gasteiger partial charge is 0.378 e. The number of hydrogen-bond donors (Lipinski definition) is 1. The van der Waals surface area contributed by atoms with Crippen molar-refractivity contribution in [2.75, 3.05) is 13.2 Å². The van der Waals surface area contributed by atoms with Crippen molar-refractivity contribution in [1.29, 1.82) is 0 Å². The first kappa shape index (κ1) is 14.9. The van der Waals surface area contributed by atoms with Crippen LogP contribution in [0.2, 0.25) is 0 Å². The fourth-order valence-electron chi connectivity index (χ4n) is 2.67. The van der Waals surface area contributed by atoms with Crippen molar-refractivity contribution in [2.45, 2.75) is 38.8 Å². The van der Waals surface area contributed by atoms with Crippen LogP contribution in [0.15, 0.2) is 22.7 Å². The van der Waals surface area contributed by atoms with Crippen LogP contribution in [-0.4, -0.2) is 19.3 Å². The number of benzene rings is 1. The molecule has 0 saturated carbocycles. The van der Waals surface area contributed by atoms with Gasteiger partial charge in [-0.1, -0.05) is 28.9 Å². The van der Waals surface area contributed by atoms with E-state index in [1.807, 2.05) is 19.1 Å². The summed E-state index contributed by atoms with van der Waals surface area (Å²) in [6, 6.07) is 5.25. The molecular weight excluding hydrogens is 309 g/mol. The second-order valence-corrected chi connectivity index (χ2v) is 6.08. The van der Waals surface area contributed by atoms with Gasteiger partial charge in [-0.05, 0) is 37.8 Å². The number of halogens is 2. The molecule has 1 fully saturated rings. The highest BCUT2D eigenvalue weighted by Gasteiger charge is 2.26. The van der Waals surface area contributed by atoms with Gasteiger partial charge in [-0.3, -0.25) is 0 Å². The molecule has 1 saturated heterocycles. The summed E-state index contributed by atoms with van der Waals surface area (Å²) in [5.74, 6) is 0.384. The maximum atomic E-state index is 13.8. The molecule has 1 aromatic carbocycles. The molecule has 4 heteroatoms. The monoisotopic (exact) mass is 329 g/mol. The Hall–Kier alpha value is -0.450. The standard InChI is InChI=1S/C15H21BrFNO/c1-3-15-11(6-7-19-15)9-18-10(2)13-5-4-12(16)8-14(13)17/h4-5,8,10-11,15,18H,3,6-7,9H2,1-2H3. The maximum absolute atomic E-state index is 13.8. The zero-order valence-corrected chi connectivity index (χ0v) is 13.0. The van der Waals surface area contributed by atoms with Crippen LogP contribution in [0.25, 0.3) is 0 Å². The number of nitrogens with one attached hydrogen (secondary N) is 1. The van der Waals surface area contributed by atoms with Gasteiger partial charge >= 0.3 is 0 Å². The van der Waals surface area contributed by atoms with Crippen LogP contribution in [0.5, 0.6) is 0 Å². The molecule has 1 heterocycles. The lowest BCUT2D eigenvalue weighted by Crippen LogP contribution is -2.30. The van der Waals surface area contributed by atoms with Crippen LogP contribution in [-0.2, 0) is 4.74 Å². The Bertz CT molecular complexity index is 427. The van der Waals surface area contributed by atoms with Crippen molar-refractivity contribution in [3.05, 3.63) is 34.1 Å². The van der Waals surface area contributed by atoms with E-state index >= 15 is 0 Å². The Balaban J connectivity index is 1.92.